The van der Waals surface area contributed by atoms with Crippen molar-refractivity contribution in [3.8, 4) is 0 Å². The van der Waals surface area contributed by atoms with Gasteiger partial charge in [0.1, 0.15) is 92.6 Å². The smallest absolute Gasteiger partial charge is 0.463 e. The molecule has 3 aliphatic rings. The molecule has 682 valence electrons. The number of rotatable bonds is 76. The molecule has 0 bridgehead atoms. The Morgan fingerprint density at radius 3 is 1.03 bits per heavy atom. The SMILES string of the molecule is CCCCCCCC/C=C\CCCCCC(=O)OC1C(O)C(O)C(OC2OC(CO)C(O)C(O)C2O)C(OP(=O)(O)OCC(COC(=O)CCCCCCCCCCCCCCCCC)OC(=O)CCCCCCCCCCCCCCCCCC)C1OC1OC(COC(=O)CCCCCCCCCCCCCCC)C(O)C(O)C1O. The van der Waals surface area contributed by atoms with E-state index in [1.54, 1.807) is 0 Å². The molecule has 0 aromatic carbocycles. The highest BCUT2D eigenvalue weighted by Gasteiger charge is 2.60. The maximum atomic E-state index is 14.9. The third-order valence-electron chi connectivity index (χ3n) is 23.0. The first-order valence-electron chi connectivity index (χ1n) is 46.9. The minimum absolute atomic E-state index is 0.0169. The highest BCUT2D eigenvalue weighted by atomic mass is 31.2. The first-order valence-corrected chi connectivity index (χ1v) is 48.4. The van der Waals surface area contributed by atoms with Crippen LogP contribution in [0.15, 0.2) is 12.2 Å². The quantitative estimate of drug-likeness (QED) is 0.00889. The summed E-state index contributed by atoms with van der Waals surface area (Å²) in [4.78, 5) is 66.4. The molecule has 0 amide bonds. The summed E-state index contributed by atoms with van der Waals surface area (Å²) in [5.74, 6) is -2.97. The van der Waals surface area contributed by atoms with Gasteiger partial charge in [-0.2, -0.15) is 0 Å². The van der Waals surface area contributed by atoms with Crippen molar-refractivity contribution in [2.45, 2.75) is 511 Å². The summed E-state index contributed by atoms with van der Waals surface area (Å²) in [6.07, 6.45) is 27.8. The number of unbranched alkanes of at least 4 members (excludes halogenated alkanes) is 50. The van der Waals surface area contributed by atoms with Crippen molar-refractivity contribution in [1.29, 1.82) is 0 Å². The lowest BCUT2D eigenvalue weighted by Gasteiger charge is -2.50. The van der Waals surface area contributed by atoms with Crippen molar-refractivity contribution < 1.29 is 122 Å². The average molecular weight is 1680 g/mol. The second-order valence-electron chi connectivity index (χ2n) is 33.5. The topological polar surface area (TPSA) is 380 Å². The van der Waals surface area contributed by atoms with Gasteiger partial charge >= 0.3 is 31.7 Å². The van der Waals surface area contributed by atoms with Gasteiger partial charge in [-0.25, -0.2) is 4.57 Å². The van der Waals surface area contributed by atoms with Gasteiger partial charge in [-0.15, -0.1) is 0 Å². The van der Waals surface area contributed by atoms with Gasteiger partial charge in [-0.1, -0.05) is 342 Å². The Hall–Kier alpha value is -2.79. The number of hydrogen-bond donors (Lipinski definition) is 10. The van der Waals surface area contributed by atoms with Crippen molar-refractivity contribution in [2.75, 3.05) is 26.4 Å². The van der Waals surface area contributed by atoms with Crippen LogP contribution in [0.25, 0.3) is 0 Å². The number of phosphoric acid groups is 1. The minimum atomic E-state index is -5.81. The largest absolute Gasteiger partial charge is 0.472 e. The molecule has 1 saturated carbocycles. The van der Waals surface area contributed by atoms with Crippen LogP contribution in [-0.4, -0.2) is 205 Å². The van der Waals surface area contributed by atoms with Gasteiger partial charge in [-0.3, -0.25) is 28.2 Å². The molecule has 10 N–H and O–H groups in total. The second kappa shape index (κ2) is 69.6. The Morgan fingerprint density at radius 1 is 0.336 bits per heavy atom. The molecule has 0 aromatic rings. The Kier molecular flexibility index (Phi) is 64.4. The Labute approximate surface area is 699 Å². The lowest BCUT2D eigenvalue weighted by molar-refractivity contribution is -0.360. The van der Waals surface area contributed by atoms with Gasteiger partial charge in [0.15, 0.2) is 24.8 Å². The van der Waals surface area contributed by atoms with Crippen LogP contribution in [0.1, 0.15) is 407 Å². The van der Waals surface area contributed by atoms with Crippen LogP contribution >= 0.6 is 7.82 Å². The Morgan fingerprint density at radius 2 is 0.647 bits per heavy atom. The second-order valence-corrected chi connectivity index (χ2v) is 34.9. The number of aliphatic hydroxyl groups is 9. The number of phosphoric ester groups is 1. The number of hydrogen-bond acceptors (Lipinski definition) is 24. The summed E-state index contributed by atoms with van der Waals surface area (Å²) in [5, 5.41) is 102. The van der Waals surface area contributed by atoms with Crippen molar-refractivity contribution in [2.24, 2.45) is 0 Å². The van der Waals surface area contributed by atoms with Crippen LogP contribution < -0.4 is 0 Å². The van der Waals surface area contributed by atoms with E-state index in [9.17, 15) is 74.6 Å². The lowest BCUT2D eigenvalue weighted by atomic mass is 9.84. The molecule has 3 rings (SSSR count). The van der Waals surface area contributed by atoms with Crippen molar-refractivity contribution in [3.63, 3.8) is 0 Å². The maximum Gasteiger partial charge on any atom is 0.472 e. The van der Waals surface area contributed by atoms with Gasteiger partial charge in [0.2, 0.25) is 0 Å². The molecule has 2 heterocycles. The van der Waals surface area contributed by atoms with E-state index in [4.69, 9.17) is 46.9 Å². The number of esters is 4. The molecule has 18 atom stereocenters. The summed E-state index contributed by atoms with van der Waals surface area (Å²) in [7, 11) is -5.81. The summed E-state index contributed by atoms with van der Waals surface area (Å²) in [6.45, 7) is 5.60. The summed E-state index contributed by atoms with van der Waals surface area (Å²) in [6, 6.07) is 0. The van der Waals surface area contributed by atoms with E-state index in [0.717, 1.165) is 122 Å². The highest BCUT2D eigenvalue weighted by Crippen LogP contribution is 2.49. The first kappa shape index (κ1) is 107. The predicted molar refractivity (Wildman–Crippen MR) is 449 cm³/mol. The van der Waals surface area contributed by atoms with E-state index in [0.29, 0.717) is 32.1 Å². The Bertz CT molecular complexity index is 2460. The fourth-order valence-corrected chi connectivity index (χ4v) is 16.5. The number of carbonyl (C=O) groups is 4. The van der Waals surface area contributed by atoms with E-state index >= 15 is 0 Å². The molecule has 3 fully saturated rings. The van der Waals surface area contributed by atoms with Crippen molar-refractivity contribution in [1.82, 2.24) is 0 Å². The lowest BCUT2D eigenvalue weighted by Crippen LogP contribution is -2.70. The number of ether oxygens (including phenoxy) is 8. The molecule has 0 radical (unpaired) electrons. The van der Waals surface area contributed by atoms with E-state index in [-0.39, 0.29) is 32.1 Å². The van der Waals surface area contributed by atoms with Crippen LogP contribution in [0.3, 0.4) is 0 Å². The number of aliphatic hydroxyl groups excluding tert-OH is 9. The molecule has 2 saturated heterocycles. The molecule has 18 unspecified atom stereocenters. The predicted octanol–water partition coefficient (Wildman–Crippen LogP) is 17.2. The van der Waals surface area contributed by atoms with Gasteiger partial charge in [-0.05, 0) is 51.4 Å². The summed E-state index contributed by atoms with van der Waals surface area (Å²) >= 11 is 0. The van der Waals surface area contributed by atoms with Crippen molar-refractivity contribution >= 4 is 31.7 Å². The normalized spacial score (nSPS) is 25.2. The van der Waals surface area contributed by atoms with Gasteiger partial charge in [0.05, 0.1) is 13.2 Å². The monoisotopic (exact) mass is 1680 g/mol. The van der Waals surface area contributed by atoms with Crippen LogP contribution in [-0.2, 0) is 70.7 Å². The zero-order chi connectivity index (χ0) is 84.7. The standard InChI is InChI=1S/C90H167O25P/c1-5-9-13-17-21-25-29-33-35-37-41-45-48-52-56-60-64-75(94)109-70(67-106-73(92)62-58-54-50-46-43-40-36-34-30-26-22-18-14-10-6-2)68-108-116(104,105)115-88-86(113-89-83(102)79(98)77(96)71(66-91)110-89)82(101)81(100)85(112-76(95)65-61-57-53-49-44-39-32-28-24-20-16-12-8-4)87(88)114-90-84(103)80(99)78(97)72(111-90)69-107-74(93)63-59-55-51-47-42-38-31-27-23-19-15-11-7-3/h39,44,70-72,77-91,96-103H,5-38,40-43,45-69H2,1-4H3,(H,104,105)/b44-39-. The summed E-state index contributed by atoms with van der Waals surface area (Å²) in [5.41, 5.74) is 0. The minimum Gasteiger partial charge on any atom is -0.463 e. The molecule has 2 aliphatic heterocycles. The molecule has 0 aromatic heterocycles. The first-order chi connectivity index (χ1) is 56.2. The van der Waals surface area contributed by atoms with Crippen LogP contribution in [0.5, 0.6) is 0 Å². The zero-order valence-corrected chi connectivity index (χ0v) is 73.5. The van der Waals surface area contributed by atoms with E-state index in [1.165, 1.54) is 193 Å². The van der Waals surface area contributed by atoms with Crippen molar-refractivity contribution in [3.05, 3.63) is 12.2 Å². The van der Waals surface area contributed by atoms with E-state index in [2.05, 4.69) is 39.8 Å². The fourth-order valence-electron chi connectivity index (χ4n) is 15.5. The molecule has 116 heavy (non-hydrogen) atoms. The van der Waals surface area contributed by atoms with Gasteiger partial charge in [0.25, 0.3) is 0 Å². The van der Waals surface area contributed by atoms with Crippen LogP contribution in [0, 0.1) is 0 Å². The highest BCUT2D eigenvalue weighted by molar-refractivity contribution is 7.47. The van der Waals surface area contributed by atoms with Gasteiger partial charge < -0.3 is 88.7 Å². The molecule has 25 nitrogen and oxygen atoms in total. The fraction of sp³-hybridized carbons (Fsp3) is 0.933. The molecule has 0 spiro atoms. The number of allylic oxidation sites excluding steroid dienone is 2. The maximum absolute atomic E-state index is 14.9. The Balaban J connectivity index is 1.92. The average Bonchev–Trinajstić information content (AvgIpc) is 0.754. The third-order valence-corrected chi connectivity index (χ3v) is 24.0. The molecular weight excluding hydrogens is 1510 g/mol. The molecule has 26 heteroatoms. The zero-order valence-electron chi connectivity index (χ0n) is 72.6. The third kappa shape index (κ3) is 49.5. The van der Waals surface area contributed by atoms with Gasteiger partial charge in [0, 0.05) is 25.7 Å². The van der Waals surface area contributed by atoms with Crippen LogP contribution in [0.2, 0.25) is 0 Å². The van der Waals surface area contributed by atoms with E-state index < -0.39 is 162 Å². The van der Waals surface area contributed by atoms with Crippen LogP contribution in [0.4, 0.5) is 0 Å². The number of carbonyl (C=O) groups excluding carboxylic acids is 4. The van der Waals surface area contributed by atoms with E-state index in [1.807, 2.05) is 0 Å². The summed E-state index contributed by atoms with van der Waals surface area (Å²) < 4.78 is 73.4. The molecular formula is C90H167O25P. The molecule has 1 aliphatic carbocycles.